The Bertz CT molecular complexity index is 1500. The van der Waals surface area contributed by atoms with Crippen molar-refractivity contribution in [2.24, 2.45) is 0 Å². The summed E-state index contributed by atoms with van der Waals surface area (Å²) in [4.78, 5) is 12.8. The standard InChI is InChI=1S/C31H27FN4O3/c32-26-13-11-22(12-14-26)21-39-28-9-4-6-23(17-28)30-25(20-36(35-30)27-7-2-1-3-8-27)16-24(18-33)31(37)34-19-29-10-5-15-38-29/h1-4,6-9,11-14,16-17,20,29H,5,10,15,19,21H2,(H,34,37). The van der Waals surface area contributed by atoms with Gasteiger partial charge in [0.05, 0.1) is 11.8 Å². The van der Waals surface area contributed by atoms with E-state index in [4.69, 9.17) is 14.6 Å². The number of hydrogen-bond donors (Lipinski definition) is 1. The molecular weight excluding hydrogens is 495 g/mol. The lowest BCUT2D eigenvalue weighted by atomic mass is 10.1. The van der Waals surface area contributed by atoms with Crippen molar-refractivity contribution in [3.8, 4) is 28.8 Å². The third-order valence-electron chi connectivity index (χ3n) is 6.37. The fourth-order valence-electron chi connectivity index (χ4n) is 4.32. The van der Waals surface area contributed by atoms with Gasteiger partial charge in [0.1, 0.15) is 35.5 Å². The van der Waals surface area contributed by atoms with Gasteiger partial charge in [0, 0.05) is 30.5 Å². The van der Waals surface area contributed by atoms with Gasteiger partial charge in [-0.2, -0.15) is 10.4 Å². The molecule has 1 unspecified atom stereocenters. The second-order valence-electron chi connectivity index (χ2n) is 9.17. The minimum atomic E-state index is -0.456. The van der Waals surface area contributed by atoms with E-state index in [1.807, 2.05) is 60.7 Å². The van der Waals surface area contributed by atoms with Gasteiger partial charge in [0.25, 0.3) is 5.91 Å². The van der Waals surface area contributed by atoms with E-state index in [0.29, 0.717) is 30.2 Å². The predicted molar refractivity (Wildman–Crippen MR) is 145 cm³/mol. The van der Waals surface area contributed by atoms with Crippen LogP contribution in [0.1, 0.15) is 24.0 Å². The topological polar surface area (TPSA) is 89.2 Å². The molecule has 0 spiro atoms. The van der Waals surface area contributed by atoms with Crippen LogP contribution in [0.2, 0.25) is 0 Å². The smallest absolute Gasteiger partial charge is 0.262 e. The Morgan fingerprint density at radius 1 is 1.15 bits per heavy atom. The maximum absolute atomic E-state index is 13.2. The van der Waals surface area contributed by atoms with Crippen LogP contribution in [0.5, 0.6) is 5.75 Å². The van der Waals surface area contributed by atoms with Gasteiger partial charge in [0.15, 0.2) is 0 Å². The van der Waals surface area contributed by atoms with Crippen LogP contribution in [0.15, 0.2) is 90.6 Å². The Kier molecular flexibility index (Phi) is 8.10. The minimum absolute atomic E-state index is 0.0226. The molecule has 8 heteroatoms. The molecule has 1 atom stereocenters. The van der Waals surface area contributed by atoms with Crippen LogP contribution < -0.4 is 10.1 Å². The largest absolute Gasteiger partial charge is 0.489 e. The number of halogens is 1. The Balaban J connectivity index is 1.43. The monoisotopic (exact) mass is 522 g/mol. The number of nitrogens with zero attached hydrogens (tertiary/aromatic N) is 3. The number of amides is 1. The molecule has 1 aromatic heterocycles. The van der Waals surface area contributed by atoms with Gasteiger partial charge >= 0.3 is 0 Å². The number of carbonyl (C=O) groups is 1. The zero-order chi connectivity index (χ0) is 27.0. The van der Waals surface area contributed by atoms with E-state index in [9.17, 15) is 14.4 Å². The Labute approximate surface area is 226 Å². The lowest BCUT2D eigenvalue weighted by Crippen LogP contribution is -2.32. The van der Waals surface area contributed by atoms with Gasteiger partial charge in [-0.3, -0.25) is 4.79 Å². The number of para-hydroxylation sites is 1. The average molecular weight is 523 g/mol. The highest BCUT2D eigenvalue weighted by Crippen LogP contribution is 2.29. The minimum Gasteiger partial charge on any atom is -0.489 e. The maximum Gasteiger partial charge on any atom is 0.262 e. The highest BCUT2D eigenvalue weighted by Gasteiger charge is 2.19. The van der Waals surface area contributed by atoms with Crippen molar-refractivity contribution < 1.29 is 18.7 Å². The van der Waals surface area contributed by atoms with Crippen molar-refractivity contribution in [1.29, 1.82) is 5.26 Å². The Morgan fingerprint density at radius 2 is 1.97 bits per heavy atom. The molecule has 196 valence electrons. The summed E-state index contributed by atoms with van der Waals surface area (Å²) >= 11 is 0. The molecule has 1 saturated heterocycles. The molecular formula is C31H27FN4O3. The van der Waals surface area contributed by atoms with Gasteiger partial charge in [-0.15, -0.1) is 0 Å². The lowest BCUT2D eigenvalue weighted by Gasteiger charge is -2.10. The molecule has 0 radical (unpaired) electrons. The summed E-state index contributed by atoms with van der Waals surface area (Å²) in [5.41, 5.74) is 3.61. The van der Waals surface area contributed by atoms with Crippen molar-refractivity contribution in [3.05, 3.63) is 108 Å². The van der Waals surface area contributed by atoms with Crippen LogP contribution in [-0.2, 0) is 16.1 Å². The summed E-state index contributed by atoms with van der Waals surface area (Å²) < 4.78 is 26.5. The van der Waals surface area contributed by atoms with E-state index >= 15 is 0 Å². The van der Waals surface area contributed by atoms with E-state index in [0.717, 1.165) is 29.7 Å². The molecule has 2 heterocycles. The molecule has 7 nitrogen and oxygen atoms in total. The molecule has 1 aliphatic heterocycles. The number of rotatable bonds is 9. The summed E-state index contributed by atoms with van der Waals surface area (Å²) in [6, 6.07) is 25.2. The van der Waals surface area contributed by atoms with E-state index in [1.54, 1.807) is 29.1 Å². The fraction of sp³-hybridized carbons (Fsp3) is 0.194. The van der Waals surface area contributed by atoms with Crippen LogP contribution in [-0.4, -0.2) is 34.9 Å². The molecule has 1 aliphatic rings. The summed E-state index contributed by atoms with van der Waals surface area (Å²) in [5, 5.41) is 17.4. The number of nitriles is 1. The second kappa shape index (κ2) is 12.2. The van der Waals surface area contributed by atoms with E-state index < -0.39 is 5.91 Å². The molecule has 39 heavy (non-hydrogen) atoms. The quantitative estimate of drug-likeness (QED) is 0.233. The Hall–Kier alpha value is -4.74. The summed E-state index contributed by atoms with van der Waals surface area (Å²) in [6.07, 6.45) is 5.18. The molecule has 0 bridgehead atoms. The molecule has 0 aliphatic carbocycles. The number of hydrogen-bond acceptors (Lipinski definition) is 5. The van der Waals surface area contributed by atoms with Crippen molar-refractivity contribution in [3.63, 3.8) is 0 Å². The SMILES string of the molecule is N#CC(=Cc1cn(-c2ccccc2)nc1-c1cccc(OCc2ccc(F)cc2)c1)C(=O)NCC1CCCO1. The third kappa shape index (κ3) is 6.58. The molecule has 3 aromatic carbocycles. The lowest BCUT2D eigenvalue weighted by molar-refractivity contribution is -0.117. The van der Waals surface area contributed by atoms with Crippen LogP contribution in [0.3, 0.4) is 0 Å². The number of nitrogens with one attached hydrogen (secondary N) is 1. The summed E-state index contributed by atoms with van der Waals surface area (Å²) in [7, 11) is 0. The van der Waals surface area contributed by atoms with Crippen molar-refractivity contribution in [1.82, 2.24) is 15.1 Å². The maximum atomic E-state index is 13.2. The summed E-state index contributed by atoms with van der Waals surface area (Å²) in [6.45, 7) is 1.33. The molecule has 4 aromatic rings. The van der Waals surface area contributed by atoms with Crippen molar-refractivity contribution in [2.75, 3.05) is 13.2 Å². The molecule has 1 amide bonds. The van der Waals surface area contributed by atoms with E-state index in [2.05, 4.69) is 5.32 Å². The van der Waals surface area contributed by atoms with Crippen LogP contribution >= 0.6 is 0 Å². The van der Waals surface area contributed by atoms with Gasteiger partial charge in [-0.1, -0.05) is 42.5 Å². The van der Waals surface area contributed by atoms with Gasteiger partial charge in [-0.25, -0.2) is 9.07 Å². The normalized spacial score (nSPS) is 15.1. The number of aromatic nitrogens is 2. The van der Waals surface area contributed by atoms with Gasteiger partial charge in [-0.05, 0) is 60.9 Å². The van der Waals surface area contributed by atoms with E-state index in [1.165, 1.54) is 12.1 Å². The first-order valence-corrected chi connectivity index (χ1v) is 12.7. The van der Waals surface area contributed by atoms with Gasteiger partial charge < -0.3 is 14.8 Å². The number of benzene rings is 3. The van der Waals surface area contributed by atoms with Crippen molar-refractivity contribution in [2.45, 2.75) is 25.6 Å². The van der Waals surface area contributed by atoms with Gasteiger partial charge in [0.2, 0.25) is 0 Å². The highest BCUT2D eigenvalue weighted by molar-refractivity contribution is 6.02. The number of ether oxygens (including phenoxy) is 2. The first-order valence-electron chi connectivity index (χ1n) is 12.7. The molecule has 5 rings (SSSR count). The molecule has 1 N–H and O–H groups in total. The van der Waals surface area contributed by atoms with Crippen LogP contribution in [0, 0.1) is 17.1 Å². The first-order chi connectivity index (χ1) is 19.1. The van der Waals surface area contributed by atoms with Crippen LogP contribution in [0.25, 0.3) is 23.0 Å². The fourth-order valence-corrected chi connectivity index (χ4v) is 4.32. The third-order valence-corrected chi connectivity index (χ3v) is 6.37. The number of carbonyl (C=O) groups excluding carboxylic acids is 1. The Morgan fingerprint density at radius 3 is 2.72 bits per heavy atom. The second-order valence-corrected chi connectivity index (χ2v) is 9.17. The van der Waals surface area contributed by atoms with Crippen LogP contribution in [0.4, 0.5) is 4.39 Å². The first kappa shape index (κ1) is 25.9. The molecule has 1 fully saturated rings. The average Bonchev–Trinajstić information content (AvgIpc) is 3.65. The van der Waals surface area contributed by atoms with E-state index in [-0.39, 0.29) is 24.1 Å². The summed E-state index contributed by atoms with van der Waals surface area (Å²) in [5.74, 6) is -0.147. The molecule has 0 saturated carbocycles. The zero-order valence-corrected chi connectivity index (χ0v) is 21.2. The highest BCUT2D eigenvalue weighted by atomic mass is 19.1. The zero-order valence-electron chi connectivity index (χ0n) is 21.2. The predicted octanol–water partition coefficient (Wildman–Crippen LogP) is 5.46. The van der Waals surface area contributed by atoms with Crippen molar-refractivity contribution >= 4 is 12.0 Å².